The van der Waals surface area contributed by atoms with Gasteiger partial charge >= 0.3 is 0 Å². The number of ether oxygens (including phenoxy) is 3. The normalized spacial score (nSPS) is 10.8. The van der Waals surface area contributed by atoms with Gasteiger partial charge in [-0.2, -0.15) is 0 Å². The molecule has 28 heavy (non-hydrogen) atoms. The summed E-state index contributed by atoms with van der Waals surface area (Å²) in [5, 5.41) is 1.49. The molecule has 0 aliphatic carbocycles. The molecule has 0 fully saturated rings. The molecule has 0 spiro atoms. The number of halogens is 2. The van der Waals surface area contributed by atoms with Gasteiger partial charge in [0.2, 0.25) is 0 Å². The van der Waals surface area contributed by atoms with Gasteiger partial charge in [-0.05, 0) is 53.8 Å². The van der Waals surface area contributed by atoms with Crippen LogP contribution in [-0.4, -0.2) is 20.3 Å². The second kappa shape index (κ2) is 12.4. The van der Waals surface area contributed by atoms with Crippen LogP contribution in [0, 0.1) is 0 Å². The Hall–Kier alpha value is -1.20. The summed E-state index contributed by atoms with van der Waals surface area (Å²) in [5.41, 5.74) is 4.60. The fraction of sp³-hybridized carbons (Fsp3) is 0.478. The molecule has 0 unspecified atom stereocenters. The van der Waals surface area contributed by atoms with E-state index >= 15 is 0 Å². The molecule has 0 saturated heterocycles. The predicted octanol–water partition coefficient (Wildman–Crippen LogP) is 7.51. The molecule has 0 atom stereocenters. The van der Waals surface area contributed by atoms with Gasteiger partial charge in [0.25, 0.3) is 0 Å². The van der Waals surface area contributed by atoms with Gasteiger partial charge in [0, 0.05) is 16.2 Å². The van der Waals surface area contributed by atoms with E-state index in [2.05, 4.69) is 70.0 Å². The highest BCUT2D eigenvalue weighted by Gasteiger charge is 2.14. The molecule has 2 rings (SSSR count). The van der Waals surface area contributed by atoms with Gasteiger partial charge < -0.3 is 14.2 Å². The molecule has 2 aromatic carbocycles. The van der Waals surface area contributed by atoms with Crippen LogP contribution >= 0.6 is 31.9 Å². The topological polar surface area (TPSA) is 27.7 Å². The summed E-state index contributed by atoms with van der Waals surface area (Å²) in [7, 11) is 1.71. The Kier molecular flexibility index (Phi) is 10.2. The van der Waals surface area contributed by atoms with Crippen molar-refractivity contribution in [2.75, 3.05) is 20.3 Å². The summed E-state index contributed by atoms with van der Waals surface area (Å²) in [6, 6.07) is 10.5. The maximum atomic E-state index is 6.07. The monoisotopic (exact) mass is 512 g/mol. The lowest BCUT2D eigenvalue weighted by Gasteiger charge is -2.17. The number of benzene rings is 2. The first-order chi connectivity index (χ1) is 13.7. The maximum Gasteiger partial charge on any atom is 0.161 e. The van der Waals surface area contributed by atoms with Crippen molar-refractivity contribution in [1.29, 1.82) is 0 Å². The van der Waals surface area contributed by atoms with Gasteiger partial charge in [-0.3, -0.25) is 0 Å². The number of hydrogen-bond donors (Lipinski definition) is 0. The zero-order valence-electron chi connectivity index (χ0n) is 17.0. The smallest absolute Gasteiger partial charge is 0.161 e. The highest BCUT2D eigenvalue weighted by Crippen LogP contribution is 2.38. The molecule has 2 aromatic rings. The zero-order valence-corrected chi connectivity index (χ0v) is 20.2. The van der Waals surface area contributed by atoms with E-state index in [4.69, 9.17) is 14.2 Å². The van der Waals surface area contributed by atoms with Crippen LogP contribution in [0.3, 0.4) is 0 Å². The van der Waals surface area contributed by atoms with Crippen molar-refractivity contribution in [2.45, 2.75) is 50.2 Å². The molecular formula is C23H30Br2O3. The highest BCUT2D eigenvalue weighted by molar-refractivity contribution is 9.08. The van der Waals surface area contributed by atoms with Crippen LogP contribution in [-0.2, 0) is 10.7 Å². The Bertz CT molecular complexity index is 747. The zero-order chi connectivity index (χ0) is 20.4. The molecule has 0 radical (unpaired) electrons. The number of alkyl halides is 2. The van der Waals surface area contributed by atoms with Gasteiger partial charge in [-0.15, -0.1) is 0 Å². The van der Waals surface area contributed by atoms with E-state index < -0.39 is 0 Å². The van der Waals surface area contributed by atoms with Crippen molar-refractivity contribution < 1.29 is 14.2 Å². The quantitative estimate of drug-likeness (QED) is 0.217. The van der Waals surface area contributed by atoms with E-state index in [1.54, 1.807) is 7.11 Å². The van der Waals surface area contributed by atoms with Crippen LogP contribution in [0.2, 0.25) is 0 Å². The van der Waals surface area contributed by atoms with Crippen LogP contribution in [0.4, 0.5) is 0 Å². The molecule has 5 heteroatoms. The summed E-state index contributed by atoms with van der Waals surface area (Å²) >= 11 is 7.19. The summed E-state index contributed by atoms with van der Waals surface area (Å²) in [6.07, 6.45) is 4.28. The molecule has 154 valence electrons. The minimum Gasteiger partial charge on any atom is -0.496 e. The van der Waals surface area contributed by atoms with Crippen molar-refractivity contribution >= 4 is 31.9 Å². The predicted molar refractivity (Wildman–Crippen MR) is 124 cm³/mol. The van der Waals surface area contributed by atoms with Crippen molar-refractivity contribution in [3.8, 4) is 28.4 Å². The SMILES string of the molecule is CCCCOc1ccc(-c2cc(CBr)c(OC)cc2CBr)cc1OCCCC. The molecule has 0 amide bonds. The van der Waals surface area contributed by atoms with Crippen LogP contribution in [0.15, 0.2) is 30.3 Å². The fourth-order valence-electron chi connectivity index (χ4n) is 2.90. The van der Waals surface area contributed by atoms with Crippen molar-refractivity contribution in [2.24, 2.45) is 0 Å². The van der Waals surface area contributed by atoms with Crippen molar-refractivity contribution in [3.05, 3.63) is 41.5 Å². The van der Waals surface area contributed by atoms with E-state index in [1.807, 2.05) is 6.07 Å². The fourth-order valence-corrected chi connectivity index (χ4v) is 3.80. The highest BCUT2D eigenvalue weighted by atomic mass is 79.9. The van der Waals surface area contributed by atoms with Crippen LogP contribution in [0.1, 0.15) is 50.7 Å². The molecule has 0 N–H and O–H groups in total. The Balaban J connectivity index is 2.42. The molecule has 0 saturated carbocycles. The lowest BCUT2D eigenvalue weighted by atomic mass is 9.97. The standard InChI is InChI=1S/C23H30Br2O3/c1-4-6-10-27-21-9-8-17(13-23(21)28-11-7-5-2)20-12-19(16-25)22(26-3)14-18(20)15-24/h8-9,12-14H,4-7,10-11,15-16H2,1-3H3. The molecular weight excluding hydrogens is 484 g/mol. The molecule has 0 aliphatic rings. The van der Waals surface area contributed by atoms with Gasteiger partial charge in [0.1, 0.15) is 5.75 Å². The Labute approximate surface area is 186 Å². The van der Waals surface area contributed by atoms with Gasteiger partial charge in [-0.1, -0.05) is 64.6 Å². The number of hydrogen-bond acceptors (Lipinski definition) is 3. The van der Waals surface area contributed by atoms with E-state index in [-0.39, 0.29) is 0 Å². The number of unbranched alkanes of at least 4 members (excludes halogenated alkanes) is 2. The lowest BCUT2D eigenvalue weighted by molar-refractivity contribution is 0.262. The van der Waals surface area contributed by atoms with E-state index in [9.17, 15) is 0 Å². The largest absolute Gasteiger partial charge is 0.496 e. The number of methoxy groups -OCH3 is 1. The summed E-state index contributed by atoms with van der Waals surface area (Å²) in [5.74, 6) is 2.54. The Morgan fingerprint density at radius 1 is 0.750 bits per heavy atom. The third kappa shape index (κ3) is 6.15. The summed E-state index contributed by atoms with van der Waals surface area (Å²) in [6.45, 7) is 5.74. The Morgan fingerprint density at radius 2 is 1.39 bits per heavy atom. The summed E-state index contributed by atoms with van der Waals surface area (Å²) < 4.78 is 17.6. The average molecular weight is 514 g/mol. The molecule has 0 heterocycles. The summed E-state index contributed by atoms with van der Waals surface area (Å²) in [4.78, 5) is 0. The van der Waals surface area contributed by atoms with Gasteiger partial charge in [-0.25, -0.2) is 0 Å². The number of rotatable bonds is 12. The van der Waals surface area contributed by atoms with Crippen molar-refractivity contribution in [3.63, 3.8) is 0 Å². The van der Waals surface area contributed by atoms with Crippen LogP contribution in [0.25, 0.3) is 11.1 Å². The van der Waals surface area contributed by atoms with Gasteiger partial charge in [0.05, 0.1) is 20.3 Å². The first-order valence-corrected chi connectivity index (χ1v) is 12.1. The molecule has 0 bridgehead atoms. The minimum absolute atomic E-state index is 0.699. The van der Waals surface area contributed by atoms with Crippen LogP contribution in [0.5, 0.6) is 17.2 Å². The Morgan fingerprint density at radius 3 is 1.96 bits per heavy atom. The first-order valence-electron chi connectivity index (χ1n) is 9.90. The van der Waals surface area contributed by atoms with Crippen molar-refractivity contribution in [1.82, 2.24) is 0 Å². The van der Waals surface area contributed by atoms with E-state index in [0.717, 1.165) is 64.7 Å². The van der Waals surface area contributed by atoms with E-state index in [1.165, 1.54) is 11.1 Å². The second-order valence-corrected chi connectivity index (χ2v) is 7.78. The molecule has 0 aliphatic heterocycles. The minimum atomic E-state index is 0.699. The second-order valence-electron chi connectivity index (χ2n) is 6.65. The van der Waals surface area contributed by atoms with Gasteiger partial charge in [0.15, 0.2) is 11.5 Å². The first kappa shape index (κ1) is 23.1. The molecule has 3 nitrogen and oxygen atoms in total. The van der Waals surface area contributed by atoms with Crippen LogP contribution < -0.4 is 14.2 Å². The third-order valence-corrected chi connectivity index (χ3v) is 5.77. The average Bonchev–Trinajstić information content (AvgIpc) is 2.73. The van der Waals surface area contributed by atoms with E-state index in [0.29, 0.717) is 13.2 Å². The lowest BCUT2D eigenvalue weighted by Crippen LogP contribution is -2.03. The maximum absolute atomic E-state index is 6.07. The third-order valence-electron chi connectivity index (χ3n) is 4.56. The molecule has 0 aromatic heterocycles.